The smallest absolute Gasteiger partial charge is 0.111 e. The summed E-state index contributed by atoms with van der Waals surface area (Å²) >= 11 is 6.00. The second kappa shape index (κ2) is 6.35. The molecule has 1 aliphatic carbocycles. The molecule has 2 aromatic heterocycles. The summed E-state index contributed by atoms with van der Waals surface area (Å²) in [6, 6.07) is 2.66. The Balaban J connectivity index is 2.10. The van der Waals surface area contributed by atoms with E-state index in [2.05, 4.69) is 29.5 Å². The highest BCUT2D eigenvalue weighted by Gasteiger charge is 2.31. The van der Waals surface area contributed by atoms with Crippen molar-refractivity contribution >= 4 is 22.6 Å². The van der Waals surface area contributed by atoms with Gasteiger partial charge in [-0.25, -0.2) is 4.98 Å². The number of aromatic nitrogens is 3. The van der Waals surface area contributed by atoms with Crippen molar-refractivity contribution in [1.29, 1.82) is 0 Å². The molecule has 0 saturated heterocycles. The SMILES string of the molecule is CC(C)C1CCCCC1n1c(CCCl)nc2cnccc21. The summed E-state index contributed by atoms with van der Waals surface area (Å²) in [7, 11) is 0. The van der Waals surface area contributed by atoms with Gasteiger partial charge in [-0.1, -0.05) is 26.7 Å². The standard InChI is InChI=1S/C17H24ClN3/c1-12(2)13-5-3-4-6-15(13)21-16-8-10-19-11-14(16)20-17(21)7-9-18/h8,10-13,15H,3-7,9H2,1-2H3. The number of aryl methyl sites for hydroxylation is 1. The number of nitrogens with zero attached hydrogens (tertiary/aromatic N) is 3. The molecule has 4 heteroatoms. The van der Waals surface area contributed by atoms with Gasteiger partial charge >= 0.3 is 0 Å². The van der Waals surface area contributed by atoms with Crippen LogP contribution in [-0.2, 0) is 6.42 Å². The Morgan fingerprint density at radius 3 is 2.90 bits per heavy atom. The van der Waals surface area contributed by atoms with Crippen LogP contribution in [0.4, 0.5) is 0 Å². The fraction of sp³-hybridized carbons (Fsp3) is 0.647. The van der Waals surface area contributed by atoms with Crippen LogP contribution in [0.1, 0.15) is 51.4 Å². The van der Waals surface area contributed by atoms with E-state index in [1.807, 2.05) is 12.4 Å². The molecule has 2 heterocycles. The predicted molar refractivity (Wildman–Crippen MR) is 87.8 cm³/mol. The van der Waals surface area contributed by atoms with Crippen molar-refractivity contribution in [2.45, 2.75) is 52.0 Å². The summed E-state index contributed by atoms with van der Waals surface area (Å²) in [6.07, 6.45) is 9.84. The van der Waals surface area contributed by atoms with Gasteiger partial charge in [0.05, 0.1) is 11.7 Å². The molecule has 0 amide bonds. The Hall–Kier alpha value is -1.09. The monoisotopic (exact) mass is 305 g/mol. The summed E-state index contributed by atoms with van der Waals surface area (Å²) in [5.41, 5.74) is 2.23. The number of imidazole rings is 1. The Labute approximate surface area is 131 Å². The maximum absolute atomic E-state index is 6.00. The van der Waals surface area contributed by atoms with Crippen LogP contribution in [-0.4, -0.2) is 20.4 Å². The first-order valence-electron chi connectivity index (χ1n) is 8.09. The molecule has 1 fully saturated rings. The topological polar surface area (TPSA) is 30.7 Å². The molecule has 1 saturated carbocycles. The highest BCUT2D eigenvalue weighted by atomic mass is 35.5. The van der Waals surface area contributed by atoms with Crippen LogP contribution in [0.25, 0.3) is 11.0 Å². The van der Waals surface area contributed by atoms with Gasteiger partial charge in [0, 0.05) is 24.5 Å². The van der Waals surface area contributed by atoms with Crippen molar-refractivity contribution in [3.63, 3.8) is 0 Å². The van der Waals surface area contributed by atoms with Crippen molar-refractivity contribution < 1.29 is 0 Å². The van der Waals surface area contributed by atoms with Gasteiger partial charge in [0.25, 0.3) is 0 Å². The molecule has 0 aliphatic heterocycles. The minimum atomic E-state index is 0.560. The van der Waals surface area contributed by atoms with E-state index in [9.17, 15) is 0 Å². The van der Waals surface area contributed by atoms with Gasteiger partial charge in [0.1, 0.15) is 11.3 Å². The van der Waals surface area contributed by atoms with E-state index in [-0.39, 0.29) is 0 Å². The third-order valence-corrected chi connectivity index (χ3v) is 5.04. The molecule has 0 aromatic carbocycles. The van der Waals surface area contributed by atoms with Gasteiger partial charge < -0.3 is 4.57 Å². The molecule has 0 spiro atoms. The average Bonchev–Trinajstić information content (AvgIpc) is 2.85. The van der Waals surface area contributed by atoms with Gasteiger partial charge in [-0.05, 0) is 30.7 Å². The van der Waals surface area contributed by atoms with Crippen molar-refractivity contribution in [3.8, 4) is 0 Å². The minimum absolute atomic E-state index is 0.560. The van der Waals surface area contributed by atoms with E-state index in [1.54, 1.807) is 0 Å². The number of rotatable bonds is 4. The molecule has 0 N–H and O–H groups in total. The van der Waals surface area contributed by atoms with E-state index in [0.717, 1.165) is 23.7 Å². The molecular weight excluding hydrogens is 282 g/mol. The van der Waals surface area contributed by atoms with E-state index >= 15 is 0 Å². The second-order valence-corrected chi connectivity index (χ2v) is 6.84. The van der Waals surface area contributed by atoms with Gasteiger partial charge in [-0.15, -0.1) is 11.6 Å². The lowest BCUT2D eigenvalue weighted by molar-refractivity contribution is 0.185. The fourth-order valence-electron chi connectivity index (χ4n) is 3.87. The maximum atomic E-state index is 6.00. The van der Waals surface area contributed by atoms with Crippen LogP contribution in [0.15, 0.2) is 18.5 Å². The maximum Gasteiger partial charge on any atom is 0.111 e. The summed E-state index contributed by atoms with van der Waals surface area (Å²) in [4.78, 5) is 9.01. The van der Waals surface area contributed by atoms with Crippen molar-refractivity contribution in [2.24, 2.45) is 11.8 Å². The number of hydrogen-bond donors (Lipinski definition) is 0. The third-order valence-electron chi connectivity index (χ3n) is 4.85. The summed E-state index contributed by atoms with van der Waals surface area (Å²) in [6.45, 7) is 4.70. The van der Waals surface area contributed by atoms with Gasteiger partial charge in [-0.2, -0.15) is 0 Å². The molecule has 2 unspecified atom stereocenters. The molecule has 2 atom stereocenters. The van der Waals surface area contributed by atoms with Crippen LogP contribution >= 0.6 is 11.6 Å². The lowest BCUT2D eigenvalue weighted by Gasteiger charge is -2.36. The lowest BCUT2D eigenvalue weighted by Crippen LogP contribution is -2.28. The number of alkyl halides is 1. The van der Waals surface area contributed by atoms with Crippen LogP contribution in [0.2, 0.25) is 0 Å². The van der Waals surface area contributed by atoms with Gasteiger partial charge in [0.15, 0.2) is 0 Å². The van der Waals surface area contributed by atoms with Gasteiger partial charge in [0.2, 0.25) is 0 Å². The quantitative estimate of drug-likeness (QED) is 0.773. The van der Waals surface area contributed by atoms with Crippen LogP contribution in [0, 0.1) is 11.8 Å². The Bertz CT molecular complexity index is 605. The molecule has 3 nitrogen and oxygen atoms in total. The Morgan fingerprint density at radius 2 is 2.14 bits per heavy atom. The second-order valence-electron chi connectivity index (χ2n) is 6.46. The first-order chi connectivity index (χ1) is 10.2. The predicted octanol–water partition coefficient (Wildman–Crippen LogP) is 4.60. The lowest BCUT2D eigenvalue weighted by atomic mass is 9.77. The fourth-order valence-corrected chi connectivity index (χ4v) is 4.04. The van der Waals surface area contributed by atoms with Crippen molar-refractivity contribution in [3.05, 3.63) is 24.3 Å². The zero-order chi connectivity index (χ0) is 14.8. The largest absolute Gasteiger partial charge is 0.324 e. The number of pyridine rings is 1. The Kier molecular flexibility index (Phi) is 4.48. The summed E-state index contributed by atoms with van der Waals surface area (Å²) < 4.78 is 2.48. The molecule has 114 valence electrons. The van der Waals surface area contributed by atoms with Crippen LogP contribution in [0.3, 0.4) is 0 Å². The Morgan fingerprint density at radius 1 is 1.33 bits per heavy atom. The number of hydrogen-bond acceptors (Lipinski definition) is 2. The molecule has 0 radical (unpaired) electrons. The van der Waals surface area contributed by atoms with E-state index in [1.165, 1.54) is 31.2 Å². The zero-order valence-corrected chi connectivity index (χ0v) is 13.7. The molecule has 0 bridgehead atoms. The molecular formula is C17H24ClN3. The molecule has 21 heavy (non-hydrogen) atoms. The van der Waals surface area contributed by atoms with Crippen LogP contribution in [0.5, 0.6) is 0 Å². The average molecular weight is 306 g/mol. The minimum Gasteiger partial charge on any atom is -0.324 e. The number of halogens is 1. The molecule has 1 aliphatic rings. The third kappa shape index (κ3) is 2.80. The highest BCUT2D eigenvalue weighted by molar-refractivity contribution is 6.17. The first kappa shape index (κ1) is 14.8. The first-order valence-corrected chi connectivity index (χ1v) is 8.62. The highest BCUT2D eigenvalue weighted by Crippen LogP contribution is 2.40. The zero-order valence-electron chi connectivity index (χ0n) is 12.9. The van der Waals surface area contributed by atoms with Crippen molar-refractivity contribution in [2.75, 3.05) is 5.88 Å². The normalized spacial score (nSPS) is 23.0. The van der Waals surface area contributed by atoms with E-state index < -0.39 is 0 Å². The van der Waals surface area contributed by atoms with Crippen molar-refractivity contribution in [1.82, 2.24) is 14.5 Å². The summed E-state index contributed by atoms with van der Waals surface area (Å²) in [5, 5.41) is 0. The molecule has 2 aromatic rings. The number of fused-ring (bicyclic) bond motifs is 1. The van der Waals surface area contributed by atoms with Crippen LogP contribution < -0.4 is 0 Å². The van der Waals surface area contributed by atoms with E-state index in [0.29, 0.717) is 17.8 Å². The van der Waals surface area contributed by atoms with E-state index in [4.69, 9.17) is 16.6 Å². The van der Waals surface area contributed by atoms with Gasteiger partial charge in [-0.3, -0.25) is 4.98 Å². The summed E-state index contributed by atoms with van der Waals surface area (Å²) in [5.74, 6) is 3.19. The molecule has 3 rings (SSSR count).